The van der Waals surface area contributed by atoms with Crippen molar-refractivity contribution in [3.05, 3.63) is 60.2 Å². The molecule has 1 nitrogen and oxygen atoms in total. The largest absolute Gasteiger partial charge is 0.456 e. The van der Waals surface area contributed by atoms with Crippen LogP contribution in [-0.4, -0.2) is 0 Å². The zero-order valence-electron chi connectivity index (χ0n) is 9.74. The summed E-state index contributed by atoms with van der Waals surface area (Å²) in [5.41, 5.74) is -0.0465. The Hall–Kier alpha value is -2.23. The van der Waals surface area contributed by atoms with Gasteiger partial charge in [0.05, 0.1) is 5.56 Å². The molecular formula is C15H9F3O. The van der Waals surface area contributed by atoms with Gasteiger partial charge in [-0.1, -0.05) is 36.4 Å². The number of fused-ring (bicyclic) bond motifs is 1. The van der Waals surface area contributed by atoms with Gasteiger partial charge in [0.25, 0.3) is 0 Å². The van der Waals surface area contributed by atoms with Gasteiger partial charge >= 0.3 is 6.18 Å². The van der Waals surface area contributed by atoms with Gasteiger partial charge in [-0.3, -0.25) is 0 Å². The van der Waals surface area contributed by atoms with Crippen molar-refractivity contribution in [1.29, 1.82) is 0 Å². The predicted molar refractivity (Wildman–Crippen MR) is 66.7 cm³/mol. The normalized spacial score (nSPS) is 11.9. The van der Waals surface area contributed by atoms with Gasteiger partial charge in [-0.05, 0) is 18.2 Å². The first kappa shape index (κ1) is 11.8. The van der Waals surface area contributed by atoms with E-state index in [4.69, 9.17) is 4.42 Å². The maximum atomic E-state index is 12.9. The standard InChI is InChI=1S/C15H9F3O/c16-15(17,18)12-7-3-2-6-11(12)14-9-10-5-1-4-8-13(10)19-14/h1-9H. The van der Waals surface area contributed by atoms with Gasteiger partial charge in [-0.2, -0.15) is 13.2 Å². The summed E-state index contributed by atoms with van der Waals surface area (Å²) >= 11 is 0. The summed E-state index contributed by atoms with van der Waals surface area (Å²) in [6.07, 6.45) is -4.39. The number of hydrogen-bond acceptors (Lipinski definition) is 1. The third-order valence-corrected chi connectivity index (χ3v) is 2.92. The highest BCUT2D eigenvalue weighted by Gasteiger charge is 2.34. The van der Waals surface area contributed by atoms with Crippen LogP contribution in [0.2, 0.25) is 0 Å². The molecule has 4 heteroatoms. The molecule has 0 aliphatic rings. The van der Waals surface area contributed by atoms with Gasteiger partial charge in [-0.25, -0.2) is 0 Å². The molecule has 0 radical (unpaired) electrons. The number of furan rings is 1. The summed E-state index contributed by atoms with van der Waals surface area (Å²) in [5.74, 6) is 0.231. The van der Waals surface area contributed by atoms with E-state index >= 15 is 0 Å². The lowest BCUT2D eigenvalue weighted by Crippen LogP contribution is -2.06. The Morgan fingerprint density at radius 1 is 0.842 bits per heavy atom. The van der Waals surface area contributed by atoms with Crippen LogP contribution in [-0.2, 0) is 6.18 Å². The summed E-state index contributed by atoms with van der Waals surface area (Å²) in [7, 11) is 0. The number of para-hydroxylation sites is 1. The minimum absolute atomic E-state index is 0.0613. The van der Waals surface area contributed by atoms with E-state index in [0.29, 0.717) is 5.58 Å². The van der Waals surface area contributed by atoms with Crippen molar-refractivity contribution in [2.75, 3.05) is 0 Å². The summed E-state index contributed by atoms with van der Waals surface area (Å²) in [4.78, 5) is 0. The van der Waals surface area contributed by atoms with Gasteiger partial charge in [0.2, 0.25) is 0 Å². The van der Waals surface area contributed by atoms with Gasteiger partial charge in [0, 0.05) is 10.9 Å². The van der Waals surface area contributed by atoms with Crippen molar-refractivity contribution in [1.82, 2.24) is 0 Å². The molecule has 0 fully saturated rings. The average Bonchev–Trinajstić information content (AvgIpc) is 2.81. The zero-order valence-corrected chi connectivity index (χ0v) is 9.74. The summed E-state index contributed by atoms with van der Waals surface area (Å²) < 4.78 is 44.3. The molecule has 1 heterocycles. The third kappa shape index (κ3) is 2.10. The Kier molecular flexibility index (Phi) is 2.59. The first-order valence-corrected chi connectivity index (χ1v) is 5.71. The summed E-state index contributed by atoms with van der Waals surface area (Å²) in [6, 6.07) is 14.2. The molecule has 0 aliphatic heterocycles. The molecule has 3 rings (SSSR count). The molecular weight excluding hydrogens is 253 g/mol. The lowest BCUT2D eigenvalue weighted by atomic mass is 10.0. The maximum Gasteiger partial charge on any atom is 0.417 e. The zero-order chi connectivity index (χ0) is 13.5. The topological polar surface area (TPSA) is 13.1 Å². The number of alkyl halides is 3. The minimum Gasteiger partial charge on any atom is -0.456 e. The lowest BCUT2D eigenvalue weighted by Gasteiger charge is -2.10. The van der Waals surface area contributed by atoms with Gasteiger partial charge in [0.15, 0.2) is 0 Å². The second-order valence-electron chi connectivity index (χ2n) is 4.19. The van der Waals surface area contributed by atoms with Crippen LogP contribution in [0.3, 0.4) is 0 Å². The molecule has 0 bridgehead atoms. The minimum atomic E-state index is -4.39. The lowest BCUT2D eigenvalue weighted by molar-refractivity contribution is -0.137. The fourth-order valence-corrected chi connectivity index (χ4v) is 2.06. The molecule has 0 saturated carbocycles. The number of hydrogen-bond donors (Lipinski definition) is 0. The Morgan fingerprint density at radius 3 is 2.26 bits per heavy atom. The van der Waals surface area contributed by atoms with Crippen molar-refractivity contribution in [3.8, 4) is 11.3 Å². The van der Waals surface area contributed by atoms with Crippen molar-refractivity contribution >= 4 is 11.0 Å². The fourth-order valence-electron chi connectivity index (χ4n) is 2.06. The Morgan fingerprint density at radius 2 is 1.53 bits per heavy atom. The average molecular weight is 262 g/mol. The van der Waals surface area contributed by atoms with E-state index in [1.807, 2.05) is 6.07 Å². The predicted octanol–water partition coefficient (Wildman–Crippen LogP) is 5.12. The van der Waals surface area contributed by atoms with Crippen molar-refractivity contribution < 1.29 is 17.6 Å². The van der Waals surface area contributed by atoms with E-state index < -0.39 is 11.7 Å². The van der Waals surface area contributed by atoms with Crippen LogP contribution in [0.15, 0.2) is 59.0 Å². The molecule has 1 aromatic heterocycles. The van der Waals surface area contributed by atoms with Crippen molar-refractivity contribution in [2.45, 2.75) is 6.18 Å². The maximum absolute atomic E-state index is 12.9. The van der Waals surface area contributed by atoms with Gasteiger partial charge < -0.3 is 4.42 Å². The monoisotopic (exact) mass is 262 g/mol. The van der Waals surface area contributed by atoms with Crippen LogP contribution in [0.25, 0.3) is 22.3 Å². The molecule has 0 atom stereocenters. The molecule has 0 spiro atoms. The van der Waals surface area contributed by atoms with Crippen molar-refractivity contribution in [2.24, 2.45) is 0 Å². The highest BCUT2D eigenvalue weighted by Crippen LogP contribution is 2.38. The first-order chi connectivity index (χ1) is 9.05. The van der Waals surface area contributed by atoms with Crippen LogP contribution >= 0.6 is 0 Å². The Balaban J connectivity index is 2.22. The van der Waals surface area contributed by atoms with E-state index in [9.17, 15) is 13.2 Å². The molecule has 96 valence electrons. The second-order valence-corrected chi connectivity index (χ2v) is 4.19. The molecule has 0 amide bonds. The Labute approximate surface area is 107 Å². The van der Waals surface area contributed by atoms with Crippen LogP contribution in [0, 0.1) is 0 Å². The third-order valence-electron chi connectivity index (χ3n) is 2.92. The molecule has 3 aromatic rings. The van der Waals surface area contributed by atoms with E-state index in [1.54, 1.807) is 30.3 Å². The van der Waals surface area contributed by atoms with E-state index in [1.165, 1.54) is 12.1 Å². The summed E-state index contributed by atoms with van der Waals surface area (Å²) in [6.45, 7) is 0. The molecule has 0 aliphatic carbocycles. The number of benzene rings is 2. The van der Waals surface area contributed by atoms with Crippen molar-refractivity contribution in [3.63, 3.8) is 0 Å². The van der Waals surface area contributed by atoms with Crippen LogP contribution in [0.4, 0.5) is 13.2 Å². The molecule has 0 N–H and O–H groups in total. The van der Waals surface area contributed by atoms with E-state index in [-0.39, 0.29) is 11.3 Å². The summed E-state index contributed by atoms with van der Waals surface area (Å²) in [5, 5.41) is 0.787. The van der Waals surface area contributed by atoms with Crippen LogP contribution < -0.4 is 0 Å². The highest BCUT2D eigenvalue weighted by molar-refractivity contribution is 5.83. The molecule has 19 heavy (non-hydrogen) atoms. The van der Waals surface area contributed by atoms with E-state index in [2.05, 4.69) is 0 Å². The SMILES string of the molecule is FC(F)(F)c1ccccc1-c1cc2ccccc2o1. The highest BCUT2D eigenvalue weighted by atomic mass is 19.4. The number of rotatable bonds is 1. The number of halogens is 3. The van der Waals surface area contributed by atoms with Gasteiger partial charge in [-0.15, -0.1) is 0 Å². The van der Waals surface area contributed by atoms with Crippen LogP contribution in [0.5, 0.6) is 0 Å². The fraction of sp³-hybridized carbons (Fsp3) is 0.0667. The molecule has 0 unspecified atom stereocenters. The van der Waals surface area contributed by atoms with Crippen LogP contribution in [0.1, 0.15) is 5.56 Å². The van der Waals surface area contributed by atoms with E-state index in [0.717, 1.165) is 11.5 Å². The smallest absolute Gasteiger partial charge is 0.417 e. The first-order valence-electron chi connectivity index (χ1n) is 5.71. The van der Waals surface area contributed by atoms with Gasteiger partial charge in [0.1, 0.15) is 11.3 Å². The molecule has 2 aromatic carbocycles. The molecule has 0 saturated heterocycles. The second kappa shape index (κ2) is 4.16. The quantitative estimate of drug-likeness (QED) is 0.593. The Bertz CT molecular complexity index is 692.